The van der Waals surface area contributed by atoms with Crippen LogP contribution in [0.2, 0.25) is 0 Å². The minimum atomic E-state index is -1.35. The quantitative estimate of drug-likeness (QED) is 0.708. The van der Waals surface area contributed by atoms with Gasteiger partial charge in [0.25, 0.3) is 0 Å². The maximum Gasteiger partial charge on any atom is 0.306 e. The van der Waals surface area contributed by atoms with Crippen LogP contribution in [0.25, 0.3) is 0 Å². The van der Waals surface area contributed by atoms with Gasteiger partial charge in [-0.25, -0.2) is 0 Å². The van der Waals surface area contributed by atoms with E-state index in [1.165, 1.54) is 19.5 Å². The summed E-state index contributed by atoms with van der Waals surface area (Å²) in [5.74, 6) is -1.04. The van der Waals surface area contributed by atoms with Crippen molar-refractivity contribution < 1.29 is 19.4 Å². The van der Waals surface area contributed by atoms with Gasteiger partial charge in [0.2, 0.25) is 0 Å². The molecule has 0 saturated heterocycles. The number of aliphatic carboxylic acids is 1. The molecule has 0 aliphatic carbocycles. The summed E-state index contributed by atoms with van der Waals surface area (Å²) in [4.78, 5) is 10.3. The molecule has 12 heavy (non-hydrogen) atoms. The summed E-state index contributed by atoms with van der Waals surface area (Å²) >= 11 is 0. The molecular weight excluding hydrogens is 160 g/mol. The number of carboxylic acid groups (broad SMARTS) is 1. The van der Waals surface area contributed by atoms with Crippen molar-refractivity contribution in [2.75, 3.05) is 0 Å². The van der Waals surface area contributed by atoms with Crippen LogP contribution in [0, 0.1) is 0 Å². The molecule has 4 nitrogen and oxygen atoms in total. The van der Waals surface area contributed by atoms with Crippen molar-refractivity contribution in [1.29, 1.82) is 0 Å². The molecule has 1 atom stereocenters. The molecule has 4 heteroatoms. The Morgan fingerprint density at radius 1 is 1.75 bits per heavy atom. The molecule has 0 radical (unpaired) electrons. The van der Waals surface area contributed by atoms with Crippen LogP contribution in [0.4, 0.5) is 0 Å². The first-order valence-electron chi connectivity index (χ1n) is 3.49. The van der Waals surface area contributed by atoms with E-state index in [2.05, 4.69) is 0 Å². The monoisotopic (exact) mass is 170 g/mol. The summed E-state index contributed by atoms with van der Waals surface area (Å²) in [7, 11) is 0. The van der Waals surface area contributed by atoms with Crippen molar-refractivity contribution >= 4 is 5.97 Å². The minimum Gasteiger partial charge on any atom is -0.481 e. The Morgan fingerprint density at radius 2 is 2.42 bits per heavy atom. The molecule has 1 rings (SSSR count). The third-order valence-electron chi connectivity index (χ3n) is 1.64. The van der Waals surface area contributed by atoms with Gasteiger partial charge in [-0.2, -0.15) is 0 Å². The zero-order valence-corrected chi connectivity index (χ0v) is 6.65. The average molecular weight is 170 g/mol. The standard InChI is InChI=1S/C8H10O4/c1-8(11,4-7(9)10)6-2-3-12-5-6/h2-3,5,11H,4H2,1H3,(H,9,10)/t8-/m0/s1. The van der Waals surface area contributed by atoms with Crippen LogP contribution in [-0.4, -0.2) is 16.2 Å². The van der Waals surface area contributed by atoms with Crippen molar-refractivity contribution in [3.8, 4) is 0 Å². The largest absolute Gasteiger partial charge is 0.481 e. The highest BCUT2D eigenvalue weighted by Gasteiger charge is 2.27. The number of aliphatic hydroxyl groups is 1. The third-order valence-corrected chi connectivity index (χ3v) is 1.64. The summed E-state index contributed by atoms with van der Waals surface area (Å²) in [6, 6.07) is 1.54. The van der Waals surface area contributed by atoms with Crippen LogP contribution >= 0.6 is 0 Å². The highest BCUT2D eigenvalue weighted by molar-refractivity contribution is 5.68. The molecule has 1 aromatic heterocycles. The van der Waals surface area contributed by atoms with Gasteiger partial charge in [-0.3, -0.25) is 4.79 Å². The Labute approximate surface area is 69.4 Å². The van der Waals surface area contributed by atoms with E-state index in [4.69, 9.17) is 9.52 Å². The van der Waals surface area contributed by atoms with Crippen LogP contribution in [-0.2, 0) is 10.4 Å². The molecule has 2 N–H and O–H groups in total. The van der Waals surface area contributed by atoms with Gasteiger partial charge in [0.1, 0.15) is 5.60 Å². The lowest BCUT2D eigenvalue weighted by Crippen LogP contribution is -2.24. The predicted octanol–water partition coefficient (Wildman–Crippen LogP) is 0.962. The van der Waals surface area contributed by atoms with Gasteiger partial charge in [0.05, 0.1) is 18.9 Å². The van der Waals surface area contributed by atoms with Gasteiger partial charge in [-0.15, -0.1) is 0 Å². The summed E-state index contributed by atoms with van der Waals surface area (Å²) in [6.45, 7) is 1.44. The lowest BCUT2D eigenvalue weighted by Gasteiger charge is -2.18. The second kappa shape index (κ2) is 2.98. The van der Waals surface area contributed by atoms with E-state index in [9.17, 15) is 9.90 Å². The summed E-state index contributed by atoms with van der Waals surface area (Å²) in [6.07, 6.45) is 2.40. The second-order valence-electron chi connectivity index (χ2n) is 2.86. The first kappa shape index (κ1) is 8.80. The molecule has 0 bridgehead atoms. The van der Waals surface area contributed by atoms with Crippen LogP contribution in [0.3, 0.4) is 0 Å². The fraction of sp³-hybridized carbons (Fsp3) is 0.375. The molecule has 0 fully saturated rings. The van der Waals surface area contributed by atoms with Crippen molar-refractivity contribution in [2.24, 2.45) is 0 Å². The van der Waals surface area contributed by atoms with Crippen LogP contribution in [0.15, 0.2) is 23.0 Å². The number of carbonyl (C=O) groups is 1. The SMILES string of the molecule is C[C@](O)(CC(=O)O)c1ccoc1. The van der Waals surface area contributed by atoms with E-state index in [0.717, 1.165) is 0 Å². The Hall–Kier alpha value is -1.29. The molecule has 0 saturated carbocycles. The molecular formula is C8H10O4. The van der Waals surface area contributed by atoms with E-state index >= 15 is 0 Å². The molecule has 1 aromatic rings. The Bertz CT molecular complexity index is 261. The topological polar surface area (TPSA) is 70.7 Å². The fourth-order valence-electron chi connectivity index (χ4n) is 0.967. The normalized spacial score (nSPS) is 15.5. The number of hydrogen-bond acceptors (Lipinski definition) is 3. The first-order chi connectivity index (χ1) is 5.52. The fourth-order valence-corrected chi connectivity index (χ4v) is 0.967. The van der Waals surface area contributed by atoms with Crippen LogP contribution < -0.4 is 0 Å². The van der Waals surface area contributed by atoms with E-state index in [-0.39, 0.29) is 6.42 Å². The Balaban J connectivity index is 2.79. The summed E-state index contributed by atoms with van der Waals surface area (Å²) in [5.41, 5.74) is -0.872. The number of rotatable bonds is 3. The Morgan fingerprint density at radius 3 is 2.83 bits per heavy atom. The lowest BCUT2D eigenvalue weighted by atomic mass is 9.95. The summed E-state index contributed by atoms with van der Waals surface area (Å²) < 4.78 is 4.73. The highest BCUT2D eigenvalue weighted by Crippen LogP contribution is 2.24. The van der Waals surface area contributed by atoms with Gasteiger partial charge < -0.3 is 14.6 Å². The molecule has 0 amide bonds. The van der Waals surface area contributed by atoms with E-state index < -0.39 is 11.6 Å². The lowest BCUT2D eigenvalue weighted by molar-refractivity contribution is -0.142. The van der Waals surface area contributed by atoms with E-state index in [0.29, 0.717) is 5.56 Å². The van der Waals surface area contributed by atoms with Gasteiger partial charge in [-0.1, -0.05) is 0 Å². The number of hydrogen-bond donors (Lipinski definition) is 2. The average Bonchev–Trinajstić information content (AvgIpc) is 2.32. The summed E-state index contributed by atoms with van der Waals surface area (Å²) in [5, 5.41) is 18.1. The Kier molecular flexibility index (Phi) is 2.19. The zero-order valence-electron chi connectivity index (χ0n) is 6.65. The number of furan rings is 1. The van der Waals surface area contributed by atoms with Gasteiger partial charge in [-0.05, 0) is 13.0 Å². The van der Waals surface area contributed by atoms with Crippen molar-refractivity contribution in [1.82, 2.24) is 0 Å². The number of carboxylic acids is 1. The van der Waals surface area contributed by atoms with Crippen molar-refractivity contribution in [2.45, 2.75) is 18.9 Å². The van der Waals surface area contributed by atoms with E-state index in [1.54, 1.807) is 6.07 Å². The maximum absolute atomic E-state index is 10.3. The molecule has 0 unspecified atom stereocenters. The highest BCUT2D eigenvalue weighted by atomic mass is 16.4. The molecule has 0 aliphatic heterocycles. The smallest absolute Gasteiger partial charge is 0.306 e. The van der Waals surface area contributed by atoms with Crippen molar-refractivity contribution in [3.63, 3.8) is 0 Å². The van der Waals surface area contributed by atoms with E-state index in [1.807, 2.05) is 0 Å². The molecule has 66 valence electrons. The van der Waals surface area contributed by atoms with Gasteiger partial charge in [0, 0.05) is 5.56 Å². The zero-order chi connectivity index (χ0) is 9.19. The van der Waals surface area contributed by atoms with Crippen LogP contribution in [0.5, 0.6) is 0 Å². The molecule has 0 spiro atoms. The second-order valence-corrected chi connectivity index (χ2v) is 2.86. The maximum atomic E-state index is 10.3. The van der Waals surface area contributed by atoms with Gasteiger partial charge >= 0.3 is 5.97 Å². The molecule has 1 heterocycles. The molecule has 0 aliphatic rings. The van der Waals surface area contributed by atoms with Crippen LogP contribution in [0.1, 0.15) is 18.9 Å². The third kappa shape index (κ3) is 1.85. The minimum absolute atomic E-state index is 0.327. The van der Waals surface area contributed by atoms with Crippen molar-refractivity contribution in [3.05, 3.63) is 24.2 Å². The predicted molar refractivity (Wildman–Crippen MR) is 40.5 cm³/mol. The first-order valence-corrected chi connectivity index (χ1v) is 3.49. The van der Waals surface area contributed by atoms with Gasteiger partial charge in [0.15, 0.2) is 0 Å². The molecule has 0 aromatic carbocycles.